The molecule has 126 valence electrons. The Bertz CT molecular complexity index is 529. The quantitative estimate of drug-likeness (QED) is 0.801. The summed E-state index contributed by atoms with van der Waals surface area (Å²) in [6.07, 6.45) is 10.1. The SMILES string of the molecule is O=C1CCCN1CC[C@@H]1CCCCN1C(=O)CCn1cccn1. The second-order valence-corrected chi connectivity index (χ2v) is 6.53. The third-order valence-corrected chi connectivity index (χ3v) is 4.97. The predicted molar refractivity (Wildman–Crippen MR) is 86.6 cm³/mol. The van der Waals surface area contributed by atoms with Crippen molar-refractivity contribution in [3.05, 3.63) is 18.5 Å². The number of hydrogen-bond donors (Lipinski definition) is 0. The average Bonchev–Trinajstić information content (AvgIpc) is 3.22. The number of rotatable bonds is 6. The zero-order valence-corrected chi connectivity index (χ0v) is 13.7. The van der Waals surface area contributed by atoms with Crippen molar-refractivity contribution in [2.45, 2.75) is 57.5 Å². The van der Waals surface area contributed by atoms with Crippen LogP contribution in [0.2, 0.25) is 0 Å². The smallest absolute Gasteiger partial charge is 0.224 e. The van der Waals surface area contributed by atoms with Gasteiger partial charge < -0.3 is 9.80 Å². The number of amides is 2. The lowest BCUT2D eigenvalue weighted by Gasteiger charge is -2.36. The summed E-state index contributed by atoms with van der Waals surface area (Å²) in [6.45, 7) is 3.18. The number of aryl methyl sites for hydroxylation is 1. The Hall–Kier alpha value is -1.85. The first-order chi connectivity index (χ1) is 11.2. The van der Waals surface area contributed by atoms with Crippen molar-refractivity contribution in [1.82, 2.24) is 19.6 Å². The molecule has 0 N–H and O–H groups in total. The number of nitrogens with zero attached hydrogens (tertiary/aromatic N) is 4. The van der Waals surface area contributed by atoms with E-state index in [1.165, 1.54) is 6.42 Å². The van der Waals surface area contributed by atoms with Crippen LogP contribution in [-0.4, -0.2) is 57.1 Å². The van der Waals surface area contributed by atoms with Crippen LogP contribution >= 0.6 is 0 Å². The number of likely N-dealkylation sites (tertiary alicyclic amines) is 2. The van der Waals surface area contributed by atoms with E-state index in [1.807, 2.05) is 22.1 Å². The predicted octanol–water partition coefficient (Wildman–Crippen LogP) is 1.67. The maximum atomic E-state index is 12.6. The van der Waals surface area contributed by atoms with Gasteiger partial charge in [0.1, 0.15) is 0 Å². The molecule has 0 radical (unpaired) electrons. The normalized spacial score (nSPS) is 21.9. The molecule has 6 heteroatoms. The summed E-state index contributed by atoms with van der Waals surface area (Å²) in [6, 6.07) is 2.17. The second-order valence-electron chi connectivity index (χ2n) is 6.53. The van der Waals surface area contributed by atoms with Gasteiger partial charge in [-0.1, -0.05) is 0 Å². The van der Waals surface area contributed by atoms with Gasteiger partial charge in [-0.05, 0) is 38.2 Å². The van der Waals surface area contributed by atoms with Crippen LogP contribution in [0.1, 0.15) is 44.9 Å². The van der Waals surface area contributed by atoms with E-state index in [9.17, 15) is 9.59 Å². The topological polar surface area (TPSA) is 58.4 Å². The van der Waals surface area contributed by atoms with Gasteiger partial charge in [0, 0.05) is 57.5 Å². The molecule has 0 aliphatic carbocycles. The van der Waals surface area contributed by atoms with Crippen LogP contribution < -0.4 is 0 Å². The van der Waals surface area contributed by atoms with Gasteiger partial charge in [0.05, 0.1) is 0 Å². The zero-order chi connectivity index (χ0) is 16.1. The van der Waals surface area contributed by atoms with Gasteiger partial charge >= 0.3 is 0 Å². The number of carbonyl (C=O) groups is 2. The summed E-state index contributed by atoms with van der Waals surface area (Å²) >= 11 is 0. The molecule has 0 aromatic carbocycles. The van der Waals surface area contributed by atoms with Crippen LogP contribution in [0.15, 0.2) is 18.5 Å². The average molecular weight is 318 g/mol. The molecule has 2 aliphatic rings. The van der Waals surface area contributed by atoms with Crippen LogP contribution in [0.5, 0.6) is 0 Å². The Morgan fingerprint density at radius 1 is 1.22 bits per heavy atom. The molecule has 0 unspecified atom stereocenters. The summed E-state index contributed by atoms with van der Waals surface area (Å²) in [7, 11) is 0. The molecule has 6 nitrogen and oxygen atoms in total. The van der Waals surface area contributed by atoms with Gasteiger partial charge in [-0.15, -0.1) is 0 Å². The highest BCUT2D eigenvalue weighted by Gasteiger charge is 2.28. The minimum Gasteiger partial charge on any atom is -0.343 e. The van der Waals surface area contributed by atoms with Crippen molar-refractivity contribution in [2.75, 3.05) is 19.6 Å². The first-order valence-electron chi connectivity index (χ1n) is 8.79. The fraction of sp³-hybridized carbons (Fsp3) is 0.706. The molecular weight excluding hydrogens is 292 g/mol. The summed E-state index contributed by atoms with van der Waals surface area (Å²) < 4.78 is 1.81. The van der Waals surface area contributed by atoms with E-state index in [2.05, 4.69) is 5.10 Å². The van der Waals surface area contributed by atoms with Gasteiger partial charge in [0.15, 0.2) is 0 Å². The van der Waals surface area contributed by atoms with Crippen LogP contribution in [-0.2, 0) is 16.1 Å². The maximum absolute atomic E-state index is 12.6. The van der Waals surface area contributed by atoms with Gasteiger partial charge in [-0.3, -0.25) is 14.3 Å². The lowest BCUT2D eigenvalue weighted by molar-refractivity contribution is -0.135. The Balaban J connectivity index is 1.50. The van der Waals surface area contributed by atoms with E-state index in [-0.39, 0.29) is 11.8 Å². The van der Waals surface area contributed by atoms with E-state index in [0.717, 1.165) is 45.3 Å². The van der Waals surface area contributed by atoms with Crippen molar-refractivity contribution in [2.24, 2.45) is 0 Å². The standard InChI is InChI=1S/C17H26N4O2/c22-16-6-3-10-19(16)13-7-15-5-1-2-12-21(15)17(23)8-14-20-11-4-9-18-20/h4,9,11,15H,1-3,5-8,10,12-14H2/t15-/m0/s1. The Labute approximate surface area is 137 Å². The number of aromatic nitrogens is 2. The van der Waals surface area contributed by atoms with Gasteiger partial charge in [-0.2, -0.15) is 5.10 Å². The first-order valence-corrected chi connectivity index (χ1v) is 8.79. The lowest BCUT2D eigenvalue weighted by atomic mass is 9.98. The summed E-state index contributed by atoms with van der Waals surface area (Å²) in [5.74, 6) is 0.496. The Morgan fingerprint density at radius 3 is 2.87 bits per heavy atom. The highest BCUT2D eigenvalue weighted by atomic mass is 16.2. The van der Waals surface area contributed by atoms with Crippen molar-refractivity contribution < 1.29 is 9.59 Å². The van der Waals surface area contributed by atoms with Crippen molar-refractivity contribution >= 4 is 11.8 Å². The minimum atomic E-state index is 0.220. The van der Waals surface area contributed by atoms with Gasteiger partial charge in [0.25, 0.3) is 0 Å². The van der Waals surface area contributed by atoms with Crippen LogP contribution in [0.3, 0.4) is 0 Å². The minimum absolute atomic E-state index is 0.220. The van der Waals surface area contributed by atoms with Crippen molar-refractivity contribution in [1.29, 1.82) is 0 Å². The number of piperidine rings is 1. The van der Waals surface area contributed by atoms with E-state index >= 15 is 0 Å². The molecule has 3 heterocycles. The molecule has 23 heavy (non-hydrogen) atoms. The largest absolute Gasteiger partial charge is 0.343 e. The van der Waals surface area contributed by atoms with Gasteiger partial charge in [-0.25, -0.2) is 0 Å². The molecule has 3 rings (SSSR count). The Kier molecular flexibility index (Phi) is 5.31. The molecule has 0 saturated carbocycles. The molecule has 1 aromatic rings. The summed E-state index contributed by atoms with van der Waals surface area (Å²) in [5.41, 5.74) is 0. The molecule has 2 saturated heterocycles. The van der Waals surface area contributed by atoms with E-state index in [0.29, 0.717) is 25.4 Å². The van der Waals surface area contributed by atoms with Crippen LogP contribution in [0, 0.1) is 0 Å². The van der Waals surface area contributed by atoms with E-state index in [1.54, 1.807) is 10.9 Å². The fourth-order valence-corrected chi connectivity index (χ4v) is 3.66. The van der Waals surface area contributed by atoms with Crippen LogP contribution in [0.25, 0.3) is 0 Å². The fourth-order valence-electron chi connectivity index (χ4n) is 3.66. The summed E-state index contributed by atoms with van der Waals surface area (Å²) in [4.78, 5) is 28.3. The second kappa shape index (κ2) is 7.62. The molecular formula is C17H26N4O2. The van der Waals surface area contributed by atoms with Crippen LogP contribution in [0.4, 0.5) is 0 Å². The molecule has 0 spiro atoms. The van der Waals surface area contributed by atoms with Crippen molar-refractivity contribution in [3.8, 4) is 0 Å². The number of carbonyl (C=O) groups excluding carboxylic acids is 2. The van der Waals surface area contributed by atoms with E-state index in [4.69, 9.17) is 0 Å². The van der Waals surface area contributed by atoms with E-state index < -0.39 is 0 Å². The monoisotopic (exact) mass is 318 g/mol. The molecule has 0 bridgehead atoms. The molecule has 2 amide bonds. The zero-order valence-electron chi connectivity index (χ0n) is 13.7. The first kappa shape index (κ1) is 16.0. The number of hydrogen-bond acceptors (Lipinski definition) is 3. The van der Waals surface area contributed by atoms with Crippen molar-refractivity contribution in [3.63, 3.8) is 0 Å². The highest BCUT2D eigenvalue weighted by molar-refractivity contribution is 5.78. The molecule has 1 atom stereocenters. The maximum Gasteiger partial charge on any atom is 0.224 e. The lowest BCUT2D eigenvalue weighted by Crippen LogP contribution is -2.45. The molecule has 1 aromatic heterocycles. The summed E-state index contributed by atoms with van der Waals surface area (Å²) in [5, 5.41) is 4.15. The third-order valence-electron chi connectivity index (χ3n) is 4.97. The third kappa shape index (κ3) is 4.12. The van der Waals surface area contributed by atoms with Gasteiger partial charge in [0.2, 0.25) is 11.8 Å². The molecule has 2 fully saturated rings. The highest BCUT2D eigenvalue weighted by Crippen LogP contribution is 2.22. The Morgan fingerprint density at radius 2 is 2.13 bits per heavy atom. The molecule has 2 aliphatic heterocycles.